The lowest BCUT2D eigenvalue weighted by Crippen LogP contribution is -1.73. The number of halogens is 1. The van der Waals surface area contributed by atoms with Crippen molar-refractivity contribution in [3.05, 3.63) is 48.3 Å². The molecule has 0 bridgehead atoms. The first-order chi connectivity index (χ1) is 9.27. The second kappa shape index (κ2) is 11.7. The highest BCUT2D eigenvalue weighted by atomic mass is 19.1. The van der Waals surface area contributed by atoms with Crippen LogP contribution in [-0.2, 0) is 0 Å². The highest BCUT2D eigenvalue weighted by Crippen LogP contribution is 2.13. The zero-order valence-electron chi connectivity index (χ0n) is 12.7. The normalized spacial score (nSPS) is 9.11. The summed E-state index contributed by atoms with van der Waals surface area (Å²) >= 11 is 0. The summed E-state index contributed by atoms with van der Waals surface area (Å²) in [5.41, 5.74) is 0. The van der Waals surface area contributed by atoms with Crippen molar-refractivity contribution in [2.45, 2.75) is 53.4 Å². The molecule has 0 heterocycles. The van der Waals surface area contributed by atoms with Crippen LogP contribution in [0.25, 0.3) is 10.8 Å². The molecule has 1 heteroatoms. The van der Waals surface area contributed by atoms with Crippen LogP contribution in [0.3, 0.4) is 0 Å². The molecule has 0 spiro atoms. The Hall–Kier alpha value is -1.37. The molecule has 0 nitrogen and oxygen atoms in total. The molecule has 2 aromatic rings. The molecule has 0 aliphatic rings. The number of unbranched alkanes of at least 4 members (excludes halogenated alkanes) is 3. The first kappa shape index (κ1) is 17.6. The van der Waals surface area contributed by atoms with Gasteiger partial charge in [0, 0.05) is 0 Å². The average molecular weight is 262 g/mol. The van der Waals surface area contributed by atoms with Gasteiger partial charge in [0.05, 0.1) is 0 Å². The van der Waals surface area contributed by atoms with Gasteiger partial charge in [0.1, 0.15) is 5.82 Å². The predicted octanol–water partition coefficient (Wildman–Crippen LogP) is 6.59. The van der Waals surface area contributed by atoms with E-state index in [9.17, 15) is 4.39 Å². The lowest BCUT2D eigenvalue weighted by Gasteiger charge is -1.94. The van der Waals surface area contributed by atoms with E-state index in [0.717, 1.165) is 10.8 Å². The summed E-state index contributed by atoms with van der Waals surface area (Å²) in [6.07, 6.45) is 5.54. The Morgan fingerprint density at radius 3 is 1.84 bits per heavy atom. The summed E-state index contributed by atoms with van der Waals surface area (Å²) in [6.45, 7) is 8.46. The minimum absolute atomic E-state index is 0.177. The molecule has 0 saturated carbocycles. The van der Waals surface area contributed by atoms with E-state index in [-0.39, 0.29) is 5.82 Å². The maximum absolute atomic E-state index is 12.6. The van der Waals surface area contributed by atoms with Crippen LogP contribution in [0.15, 0.2) is 42.5 Å². The predicted molar refractivity (Wildman–Crippen MR) is 85.1 cm³/mol. The minimum atomic E-state index is -0.177. The molecule has 0 aliphatic carbocycles. The van der Waals surface area contributed by atoms with Gasteiger partial charge in [-0.3, -0.25) is 0 Å². The molecule has 0 fully saturated rings. The highest BCUT2D eigenvalue weighted by molar-refractivity contribution is 5.82. The maximum Gasteiger partial charge on any atom is 0.123 e. The van der Waals surface area contributed by atoms with E-state index in [0.29, 0.717) is 0 Å². The quantitative estimate of drug-likeness (QED) is 0.547. The maximum atomic E-state index is 12.6. The number of hydrogen-bond acceptors (Lipinski definition) is 0. The van der Waals surface area contributed by atoms with E-state index in [2.05, 4.69) is 13.8 Å². The largest absolute Gasteiger partial charge is 0.207 e. The van der Waals surface area contributed by atoms with Crippen LogP contribution in [0.4, 0.5) is 4.39 Å². The second-order valence-electron chi connectivity index (χ2n) is 4.20. The van der Waals surface area contributed by atoms with E-state index in [1.165, 1.54) is 37.8 Å². The molecule has 0 radical (unpaired) electrons. The fraction of sp³-hybridized carbons (Fsp3) is 0.444. The van der Waals surface area contributed by atoms with Crippen molar-refractivity contribution in [2.24, 2.45) is 0 Å². The Bertz CT molecular complexity index is 430. The van der Waals surface area contributed by atoms with Gasteiger partial charge in [0.25, 0.3) is 0 Å². The van der Waals surface area contributed by atoms with Crippen molar-refractivity contribution in [3.63, 3.8) is 0 Å². The number of fused-ring (bicyclic) bond motifs is 1. The third-order valence-electron chi connectivity index (χ3n) is 2.67. The van der Waals surface area contributed by atoms with E-state index in [4.69, 9.17) is 0 Å². The Morgan fingerprint density at radius 2 is 1.32 bits per heavy atom. The lowest BCUT2D eigenvalue weighted by atomic mass is 10.1. The van der Waals surface area contributed by atoms with Gasteiger partial charge in [-0.15, -0.1) is 0 Å². The van der Waals surface area contributed by atoms with Crippen LogP contribution in [0, 0.1) is 5.82 Å². The van der Waals surface area contributed by atoms with Crippen LogP contribution in [-0.4, -0.2) is 0 Å². The van der Waals surface area contributed by atoms with Crippen molar-refractivity contribution in [1.29, 1.82) is 0 Å². The monoisotopic (exact) mass is 262 g/mol. The van der Waals surface area contributed by atoms with Crippen LogP contribution in [0.5, 0.6) is 0 Å². The van der Waals surface area contributed by atoms with Gasteiger partial charge in [-0.05, 0) is 22.9 Å². The summed E-state index contributed by atoms with van der Waals surface area (Å²) < 4.78 is 12.6. The summed E-state index contributed by atoms with van der Waals surface area (Å²) in [5, 5.41) is 2.03. The van der Waals surface area contributed by atoms with Gasteiger partial charge in [-0.25, -0.2) is 4.39 Å². The summed E-state index contributed by atoms with van der Waals surface area (Å²) in [6, 6.07) is 12.5. The van der Waals surface area contributed by atoms with Gasteiger partial charge >= 0.3 is 0 Å². The molecular weight excluding hydrogens is 235 g/mol. The third kappa shape index (κ3) is 7.61. The smallest absolute Gasteiger partial charge is 0.123 e. The van der Waals surface area contributed by atoms with Crippen LogP contribution in [0.1, 0.15) is 53.4 Å². The molecule has 106 valence electrons. The molecule has 2 aromatic carbocycles. The molecule has 0 N–H and O–H groups in total. The molecule has 0 saturated heterocycles. The first-order valence-corrected chi connectivity index (χ1v) is 7.42. The molecule has 0 atom stereocenters. The first-order valence-electron chi connectivity index (χ1n) is 7.42. The van der Waals surface area contributed by atoms with Crippen molar-refractivity contribution >= 4 is 10.8 Å². The van der Waals surface area contributed by atoms with Gasteiger partial charge in [0.2, 0.25) is 0 Å². The van der Waals surface area contributed by atoms with E-state index in [1.807, 2.05) is 38.1 Å². The minimum Gasteiger partial charge on any atom is -0.207 e. The SMILES string of the molecule is CC.CCCCCC.Fc1ccc2ccccc2c1. The summed E-state index contributed by atoms with van der Waals surface area (Å²) in [4.78, 5) is 0. The van der Waals surface area contributed by atoms with Gasteiger partial charge in [-0.2, -0.15) is 0 Å². The zero-order chi connectivity index (χ0) is 14.5. The van der Waals surface area contributed by atoms with Gasteiger partial charge in [0.15, 0.2) is 0 Å². The Kier molecular flexibility index (Phi) is 10.9. The van der Waals surface area contributed by atoms with Crippen LogP contribution >= 0.6 is 0 Å². The van der Waals surface area contributed by atoms with E-state index < -0.39 is 0 Å². The van der Waals surface area contributed by atoms with Crippen LogP contribution < -0.4 is 0 Å². The van der Waals surface area contributed by atoms with Crippen molar-refractivity contribution in [2.75, 3.05) is 0 Å². The molecular formula is C18H27F. The molecule has 0 unspecified atom stereocenters. The molecule has 0 aromatic heterocycles. The fourth-order valence-corrected chi connectivity index (χ4v) is 1.66. The number of hydrogen-bond donors (Lipinski definition) is 0. The zero-order valence-corrected chi connectivity index (χ0v) is 12.7. The Morgan fingerprint density at radius 1 is 0.789 bits per heavy atom. The Labute approximate surface area is 117 Å². The second-order valence-corrected chi connectivity index (χ2v) is 4.20. The van der Waals surface area contributed by atoms with E-state index >= 15 is 0 Å². The van der Waals surface area contributed by atoms with Crippen molar-refractivity contribution in [1.82, 2.24) is 0 Å². The van der Waals surface area contributed by atoms with Gasteiger partial charge < -0.3 is 0 Å². The molecule has 0 amide bonds. The topological polar surface area (TPSA) is 0 Å². The molecule has 19 heavy (non-hydrogen) atoms. The number of benzene rings is 2. The van der Waals surface area contributed by atoms with Crippen molar-refractivity contribution < 1.29 is 4.39 Å². The van der Waals surface area contributed by atoms with Gasteiger partial charge in [-0.1, -0.05) is 83.7 Å². The summed E-state index contributed by atoms with van der Waals surface area (Å²) in [7, 11) is 0. The Balaban J connectivity index is 0.000000350. The summed E-state index contributed by atoms with van der Waals surface area (Å²) in [5.74, 6) is -0.177. The lowest BCUT2D eigenvalue weighted by molar-refractivity contribution is 0.630. The average Bonchev–Trinajstić information content (AvgIpc) is 2.47. The van der Waals surface area contributed by atoms with Crippen molar-refractivity contribution in [3.8, 4) is 0 Å². The number of rotatable bonds is 3. The molecule has 2 rings (SSSR count). The third-order valence-corrected chi connectivity index (χ3v) is 2.67. The van der Waals surface area contributed by atoms with E-state index in [1.54, 1.807) is 6.07 Å². The fourth-order valence-electron chi connectivity index (χ4n) is 1.66. The standard InChI is InChI=1S/C10H7F.C6H14.C2H6/c11-10-6-5-8-3-1-2-4-9(8)7-10;1-3-5-6-4-2;1-2/h1-7H;3-6H2,1-2H3;1-2H3. The highest BCUT2D eigenvalue weighted by Gasteiger charge is 1.92. The van der Waals surface area contributed by atoms with Crippen LogP contribution in [0.2, 0.25) is 0 Å². The molecule has 0 aliphatic heterocycles.